The molecule has 0 saturated carbocycles. The molecule has 6 heteroatoms. The summed E-state index contributed by atoms with van der Waals surface area (Å²) in [5.74, 6) is -2.00. The van der Waals surface area contributed by atoms with Gasteiger partial charge in [-0.3, -0.25) is 9.59 Å². The Morgan fingerprint density at radius 3 is 2.00 bits per heavy atom. The highest BCUT2D eigenvalue weighted by Crippen LogP contribution is 2.23. The van der Waals surface area contributed by atoms with Gasteiger partial charge in [0.05, 0.1) is 0 Å². The molecule has 2 atom stereocenters. The molecule has 0 aromatic heterocycles. The Morgan fingerprint density at radius 1 is 1.00 bits per heavy atom. The van der Waals surface area contributed by atoms with E-state index in [0.29, 0.717) is 25.9 Å². The lowest BCUT2D eigenvalue weighted by Crippen LogP contribution is -2.28. The van der Waals surface area contributed by atoms with Crippen molar-refractivity contribution in [3.63, 3.8) is 0 Å². The van der Waals surface area contributed by atoms with Crippen molar-refractivity contribution in [2.24, 2.45) is 23.3 Å². The minimum Gasteiger partial charge on any atom is -0.481 e. The van der Waals surface area contributed by atoms with Crippen molar-refractivity contribution in [3.8, 4) is 0 Å². The Hall–Kier alpha value is -1.14. The molecule has 94 valence electrons. The maximum atomic E-state index is 10.6. The highest BCUT2D eigenvalue weighted by Gasteiger charge is 2.22. The van der Waals surface area contributed by atoms with E-state index in [1.807, 2.05) is 0 Å². The average Bonchev–Trinajstić information content (AvgIpc) is 2.17. The molecule has 0 saturated heterocycles. The van der Waals surface area contributed by atoms with Crippen LogP contribution in [0.4, 0.5) is 0 Å². The molecule has 0 spiro atoms. The maximum Gasteiger partial charge on any atom is 0.303 e. The van der Waals surface area contributed by atoms with Crippen molar-refractivity contribution in [3.05, 3.63) is 0 Å². The number of carbonyl (C=O) groups is 2. The molecule has 0 heterocycles. The molecule has 16 heavy (non-hydrogen) atoms. The molecule has 0 aliphatic rings. The summed E-state index contributed by atoms with van der Waals surface area (Å²) >= 11 is 0. The first-order valence-corrected chi connectivity index (χ1v) is 5.35. The van der Waals surface area contributed by atoms with Gasteiger partial charge in [0, 0.05) is 12.8 Å². The second-order valence-corrected chi connectivity index (χ2v) is 3.86. The topological polar surface area (TPSA) is 127 Å². The van der Waals surface area contributed by atoms with Crippen LogP contribution < -0.4 is 11.5 Å². The number of aliphatic carboxylic acids is 2. The third-order valence-electron chi connectivity index (χ3n) is 2.67. The van der Waals surface area contributed by atoms with Gasteiger partial charge < -0.3 is 21.7 Å². The molecule has 0 bridgehead atoms. The molecule has 0 rings (SSSR count). The van der Waals surface area contributed by atoms with Gasteiger partial charge >= 0.3 is 11.9 Å². The molecule has 0 aliphatic heterocycles. The third-order valence-corrected chi connectivity index (χ3v) is 2.67. The minimum atomic E-state index is -0.896. The highest BCUT2D eigenvalue weighted by atomic mass is 16.4. The predicted octanol–water partition coefficient (Wildman–Crippen LogP) is -0.134. The molecule has 6 nitrogen and oxygen atoms in total. The normalized spacial score (nSPS) is 14.4. The van der Waals surface area contributed by atoms with E-state index < -0.39 is 11.9 Å². The molecular formula is C10H20N2O4. The van der Waals surface area contributed by atoms with E-state index in [0.717, 1.165) is 0 Å². The maximum absolute atomic E-state index is 10.6. The molecule has 0 aromatic rings. The number of rotatable bonds is 9. The molecule has 0 radical (unpaired) electrons. The fourth-order valence-electron chi connectivity index (χ4n) is 1.80. The first-order valence-electron chi connectivity index (χ1n) is 5.35. The van der Waals surface area contributed by atoms with E-state index in [2.05, 4.69) is 0 Å². The van der Waals surface area contributed by atoms with E-state index >= 15 is 0 Å². The van der Waals surface area contributed by atoms with Crippen molar-refractivity contribution < 1.29 is 19.8 Å². The number of hydrogen-bond donors (Lipinski definition) is 4. The molecular weight excluding hydrogens is 212 g/mol. The molecule has 0 aliphatic carbocycles. The summed E-state index contributed by atoms with van der Waals surface area (Å²) in [6.45, 7) is 0.687. The van der Waals surface area contributed by atoms with Crippen molar-refractivity contribution >= 4 is 11.9 Å². The van der Waals surface area contributed by atoms with Crippen LogP contribution in [0.5, 0.6) is 0 Å². The Kier molecular flexibility index (Phi) is 7.49. The van der Waals surface area contributed by atoms with Gasteiger partial charge in [-0.1, -0.05) is 0 Å². The predicted molar refractivity (Wildman–Crippen MR) is 58.8 cm³/mol. The smallest absolute Gasteiger partial charge is 0.303 e. The Balaban J connectivity index is 4.31. The van der Waals surface area contributed by atoms with E-state index in [1.165, 1.54) is 0 Å². The van der Waals surface area contributed by atoms with Crippen LogP contribution in [0.25, 0.3) is 0 Å². The SMILES string of the molecule is NCCC(CC(=O)O)C(CN)CCC(=O)O. The lowest BCUT2D eigenvalue weighted by Gasteiger charge is -2.23. The summed E-state index contributed by atoms with van der Waals surface area (Å²) in [5.41, 5.74) is 10.9. The summed E-state index contributed by atoms with van der Waals surface area (Å²) in [5, 5.41) is 17.3. The lowest BCUT2D eigenvalue weighted by atomic mass is 9.83. The molecule has 0 fully saturated rings. The van der Waals surface area contributed by atoms with Crippen molar-refractivity contribution in [2.75, 3.05) is 13.1 Å². The van der Waals surface area contributed by atoms with Crippen molar-refractivity contribution in [1.82, 2.24) is 0 Å². The number of carboxylic acid groups (broad SMARTS) is 2. The Bertz CT molecular complexity index is 233. The first-order chi connectivity index (χ1) is 7.51. The van der Waals surface area contributed by atoms with Crippen molar-refractivity contribution in [1.29, 1.82) is 0 Å². The monoisotopic (exact) mass is 232 g/mol. The van der Waals surface area contributed by atoms with Gasteiger partial charge in [0.25, 0.3) is 0 Å². The van der Waals surface area contributed by atoms with Crippen LogP contribution in [-0.2, 0) is 9.59 Å². The van der Waals surface area contributed by atoms with Gasteiger partial charge in [0.15, 0.2) is 0 Å². The minimum absolute atomic E-state index is 0.00130. The first kappa shape index (κ1) is 14.9. The van der Waals surface area contributed by atoms with Crippen LogP contribution in [0.1, 0.15) is 25.7 Å². The lowest BCUT2D eigenvalue weighted by molar-refractivity contribution is -0.138. The summed E-state index contributed by atoms with van der Waals surface area (Å²) in [4.78, 5) is 21.1. The van der Waals surface area contributed by atoms with Crippen LogP contribution in [0.2, 0.25) is 0 Å². The second-order valence-electron chi connectivity index (χ2n) is 3.86. The van der Waals surface area contributed by atoms with Gasteiger partial charge in [-0.25, -0.2) is 0 Å². The van der Waals surface area contributed by atoms with Gasteiger partial charge in [-0.2, -0.15) is 0 Å². The fraction of sp³-hybridized carbons (Fsp3) is 0.800. The zero-order valence-electron chi connectivity index (χ0n) is 9.26. The zero-order chi connectivity index (χ0) is 12.6. The number of hydrogen-bond acceptors (Lipinski definition) is 4. The largest absolute Gasteiger partial charge is 0.481 e. The Morgan fingerprint density at radius 2 is 1.62 bits per heavy atom. The molecule has 0 aromatic carbocycles. The number of nitrogens with two attached hydrogens (primary N) is 2. The molecule has 0 amide bonds. The zero-order valence-corrected chi connectivity index (χ0v) is 9.26. The summed E-state index contributed by atoms with van der Waals surface area (Å²) < 4.78 is 0. The van der Waals surface area contributed by atoms with Gasteiger partial charge in [-0.15, -0.1) is 0 Å². The number of carboxylic acids is 2. The highest BCUT2D eigenvalue weighted by molar-refractivity contribution is 5.67. The molecule has 2 unspecified atom stereocenters. The summed E-state index contributed by atoms with van der Waals surface area (Å²) in [6.07, 6.45) is 0.985. The van der Waals surface area contributed by atoms with Crippen molar-refractivity contribution in [2.45, 2.75) is 25.7 Å². The fourth-order valence-corrected chi connectivity index (χ4v) is 1.80. The Labute approximate surface area is 94.6 Å². The van der Waals surface area contributed by atoms with Gasteiger partial charge in [0.2, 0.25) is 0 Å². The molecule has 6 N–H and O–H groups in total. The van der Waals surface area contributed by atoms with E-state index in [1.54, 1.807) is 0 Å². The quantitative estimate of drug-likeness (QED) is 0.438. The van der Waals surface area contributed by atoms with Gasteiger partial charge in [-0.05, 0) is 37.8 Å². The second kappa shape index (κ2) is 8.06. The summed E-state index contributed by atoms with van der Waals surface area (Å²) in [6, 6.07) is 0. The van der Waals surface area contributed by atoms with E-state index in [4.69, 9.17) is 21.7 Å². The van der Waals surface area contributed by atoms with Crippen LogP contribution in [0, 0.1) is 11.8 Å². The summed E-state index contributed by atoms with van der Waals surface area (Å²) in [7, 11) is 0. The van der Waals surface area contributed by atoms with E-state index in [-0.39, 0.29) is 24.7 Å². The van der Waals surface area contributed by atoms with Crippen LogP contribution in [-0.4, -0.2) is 35.2 Å². The van der Waals surface area contributed by atoms with Crippen LogP contribution in [0.15, 0.2) is 0 Å². The standard InChI is InChI=1S/C10H20N2O4/c11-4-3-7(5-10(15)16)8(6-12)1-2-9(13)14/h7-8H,1-6,11-12H2,(H,13,14)(H,15,16). The van der Waals surface area contributed by atoms with Gasteiger partial charge in [0.1, 0.15) is 0 Å². The average molecular weight is 232 g/mol. The third kappa shape index (κ3) is 6.36. The van der Waals surface area contributed by atoms with Crippen LogP contribution in [0.3, 0.4) is 0 Å². The van der Waals surface area contributed by atoms with Crippen LogP contribution >= 0.6 is 0 Å². The van der Waals surface area contributed by atoms with E-state index in [9.17, 15) is 9.59 Å².